The molecular weight excluding hydrogens is 266 g/mol. The molecule has 21 heavy (non-hydrogen) atoms. The Labute approximate surface area is 126 Å². The van der Waals surface area contributed by atoms with E-state index in [0.717, 1.165) is 12.3 Å². The van der Waals surface area contributed by atoms with Gasteiger partial charge in [-0.3, -0.25) is 4.79 Å². The van der Waals surface area contributed by atoms with Crippen LogP contribution in [0, 0.1) is 11.8 Å². The number of furan rings is 1. The van der Waals surface area contributed by atoms with Gasteiger partial charge in [0.2, 0.25) is 5.91 Å². The van der Waals surface area contributed by atoms with Gasteiger partial charge in [0, 0.05) is 18.4 Å². The number of rotatable bonds is 7. The van der Waals surface area contributed by atoms with E-state index in [0.29, 0.717) is 12.2 Å². The summed E-state index contributed by atoms with van der Waals surface area (Å²) in [5, 5.41) is 13.0. The summed E-state index contributed by atoms with van der Waals surface area (Å²) in [7, 11) is 0. The minimum absolute atomic E-state index is 0.0521. The van der Waals surface area contributed by atoms with E-state index in [9.17, 15) is 9.90 Å². The van der Waals surface area contributed by atoms with Crippen LogP contribution in [0.2, 0.25) is 0 Å². The number of hydrogen-bond acceptors (Lipinski definition) is 3. The molecular formula is C17H27NO3. The highest BCUT2D eigenvalue weighted by molar-refractivity contribution is 5.78. The molecule has 0 spiro atoms. The van der Waals surface area contributed by atoms with E-state index in [1.165, 1.54) is 25.7 Å². The van der Waals surface area contributed by atoms with Crippen LogP contribution < -0.4 is 5.32 Å². The van der Waals surface area contributed by atoms with Gasteiger partial charge in [-0.05, 0) is 31.4 Å². The Bertz CT molecular complexity index is 423. The third kappa shape index (κ3) is 4.88. The quantitative estimate of drug-likeness (QED) is 0.809. The molecule has 4 nitrogen and oxygen atoms in total. The maximum Gasteiger partial charge on any atom is 0.223 e. The second kappa shape index (κ2) is 7.64. The molecule has 4 heteroatoms. The molecule has 0 saturated heterocycles. The largest absolute Gasteiger partial charge is 0.467 e. The lowest BCUT2D eigenvalue weighted by atomic mass is 9.93. The molecule has 0 aliphatic heterocycles. The molecule has 0 aromatic carbocycles. The first-order valence-electron chi connectivity index (χ1n) is 8.08. The average Bonchev–Trinajstić information content (AvgIpc) is 3.11. The molecule has 1 aromatic heterocycles. The molecule has 1 aromatic rings. The zero-order valence-corrected chi connectivity index (χ0v) is 13.0. The van der Waals surface area contributed by atoms with Crippen LogP contribution in [0.15, 0.2) is 22.8 Å². The van der Waals surface area contributed by atoms with E-state index in [2.05, 4.69) is 5.32 Å². The van der Waals surface area contributed by atoms with E-state index < -0.39 is 6.10 Å². The zero-order chi connectivity index (χ0) is 15.2. The van der Waals surface area contributed by atoms with Crippen LogP contribution >= 0.6 is 0 Å². The number of aliphatic hydroxyl groups excluding tert-OH is 1. The lowest BCUT2D eigenvalue weighted by Crippen LogP contribution is -2.37. The Morgan fingerprint density at radius 2 is 2.14 bits per heavy atom. The first-order chi connectivity index (χ1) is 10.1. The van der Waals surface area contributed by atoms with Gasteiger partial charge in [0.05, 0.1) is 6.26 Å². The van der Waals surface area contributed by atoms with Crippen molar-refractivity contribution in [3.8, 4) is 0 Å². The minimum atomic E-state index is -0.666. The van der Waals surface area contributed by atoms with Gasteiger partial charge in [0.15, 0.2) is 0 Å². The SMILES string of the molecule is CC(CC(O)c1ccco1)NC(=O)C(C)CC1CCCC1. The van der Waals surface area contributed by atoms with Crippen LogP contribution in [-0.2, 0) is 4.79 Å². The van der Waals surface area contributed by atoms with Crippen molar-refractivity contribution in [1.29, 1.82) is 0 Å². The Kier molecular flexibility index (Phi) is 5.85. The van der Waals surface area contributed by atoms with Gasteiger partial charge >= 0.3 is 0 Å². The van der Waals surface area contributed by atoms with Gasteiger partial charge in [0.25, 0.3) is 0 Å². The van der Waals surface area contributed by atoms with Gasteiger partial charge in [-0.1, -0.05) is 32.6 Å². The standard InChI is InChI=1S/C17H27NO3/c1-12(10-14-6-3-4-7-14)17(20)18-13(2)11-15(19)16-8-5-9-21-16/h5,8-9,12-15,19H,3-4,6-7,10-11H2,1-2H3,(H,18,20). The smallest absolute Gasteiger partial charge is 0.223 e. The fourth-order valence-corrected chi connectivity index (χ4v) is 3.23. The summed E-state index contributed by atoms with van der Waals surface area (Å²) in [4.78, 5) is 12.2. The van der Waals surface area contributed by atoms with E-state index >= 15 is 0 Å². The third-order valence-corrected chi connectivity index (χ3v) is 4.45. The number of amides is 1. The normalized spacial score (nSPS) is 20.1. The van der Waals surface area contributed by atoms with Crippen LogP contribution in [-0.4, -0.2) is 17.1 Å². The van der Waals surface area contributed by atoms with Crippen LogP contribution in [0.25, 0.3) is 0 Å². The van der Waals surface area contributed by atoms with Gasteiger partial charge in [-0.2, -0.15) is 0 Å². The fraction of sp³-hybridized carbons (Fsp3) is 0.706. The molecule has 118 valence electrons. The van der Waals surface area contributed by atoms with E-state index in [1.54, 1.807) is 18.4 Å². The number of hydrogen-bond donors (Lipinski definition) is 2. The third-order valence-electron chi connectivity index (χ3n) is 4.45. The van der Waals surface area contributed by atoms with Crippen molar-refractivity contribution in [3.63, 3.8) is 0 Å². The second-order valence-corrected chi connectivity index (χ2v) is 6.46. The van der Waals surface area contributed by atoms with Crippen LogP contribution in [0.4, 0.5) is 0 Å². The van der Waals surface area contributed by atoms with Crippen molar-refractivity contribution in [1.82, 2.24) is 5.32 Å². The number of nitrogens with one attached hydrogen (secondary N) is 1. The Hall–Kier alpha value is -1.29. The highest BCUT2D eigenvalue weighted by Gasteiger charge is 2.23. The fourth-order valence-electron chi connectivity index (χ4n) is 3.23. The number of carbonyl (C=O) groups is 1. The summed E-state index contributed by atoms with van der Waals surface area (Å²) in [6.07, 6.45) is 7.49. The lowest BCUT2D eigenvalue weighted by Gasteiger charge is -2.21. The van der Waals surface area contributed by atoms with E-state index in [-0.39, 0.29) is 17.9 Å². The molecule has 3 unspecified atom stereocenters. The van der Waals surface area contributed by atoms with Crippen molar-refractivity contribution < 1.29 is 14.3 Å². The summed E-state index contributed by atoms with van der Waals surface area (Å²) in [6.45, 7) is 3.93. The molecule has 0 bridgehead atoms. The van der Waals surface area contributed by atoms with Crippen LogP contribution in [0.1, 0.15) is 64.2 Å². The van der Waals surface area contributed by atoms with Crippen molar-refractivity contribution in [2.24, 2.45) is 11.8 Å². The molecule has 0 radical (unpaired) electrons. The Balaban J connectivity index is 1.73. The van der Waals surface area contributed by atoms with E-state index in [4.69, 9.17) is 4.42 Å². The Morgan fingerprint density at radius 1 is 1.43 bits per heavy atom. The van der Waals surface area contributed by atoms with Gasteiger partial charge in [0.1, 0.15) is 11.9 Å². The monoisotopic (exact) mass is 293 g/mol. The number of aliphatic hydroxyl groups is 1. The van der Waals surface area contributed by atoms with Crippen molar-refractivity contribution in [2.45, 2.75) is 64.5 Å². The predicted molar refractivity (Wildman–Crippen MR) is 81.6 cm³/mol. The molecule has 1 fully saturated rings. The van der Waals surface area contributed by atoms with Crippen LogP contribution in [0.5, 0.6) is 0 Å². The maximum atomic E-state index is 12.2. The van der Waals surface area contributed by atoms with Gasteiger partial charge in [-0.25, -0.2) is 0 Å². The summed E-state index contributed by atoms with van der Waals surface area (Å²) < 4.78 is 5.17. The molecule has 1 saturated carbocycles. The van der Waals surface area contributed by atoms with E-state index in [1.807, 2.05) is 13.8 Å². The summed E-state index contributed by atoms with van der Waals surface area (Å²) >= 11 is 0. The average molecular weight is 293 g/mol. The zero-order valence-electron chi connectivity index (χ0n) is 13.0. The van der Waals surface area contributed by atoms with Crippen LogP contribution in [0.3, 0.4) is 0 Å². The predicted octanol–water partition coefficient (Wildman–Crippen LogP) is 3.42. The Morgan fingerprint density at radius 3 is 2.76 bits per heavy atom. The van der Waals surface area contributed by atoms with Crippen molar-refractivity contribution in [3.05, 3.63) is 24.2 Å². The second-order valence-electron chi connectivity index (χ2n) is 6.46. The lowest BCUT2D eigenvalue weighted by molar-refractivity contribution is -0.125. The number of carbonyl (C=O) groups excluding carboxylic acids is 1. The molecule has 1 aliphatic rings. The minimum Gasteiger partial charge on any atom is -0.467 e. The summed E-state index contributed by atoms with van der Waals surface area (Å²) in [5.41, 5.74) is 0. The highest BCUT2D eigenvalue weighted by Crippen LogP contribution is 2.30. The highest BCUT2D eigenvalue weighted by atomic mass is 16.4. The summed E-state index contributed by atoms with van der Waals surface area (Å²) in [5.74, 6) is 1.42. The molecule has 2 rings (SSSR count). The summed E-state index contributed by atoms with van der Waals surface area (Å²) in [6, 6.07) is 3.44. The van der Waals surface area contributed by atoms with Crippen molar-refractivity contribution >= 4 is 5.91 Å². The molecule has 3 atom stereocenters. The molecule has 2 N–H and O–H groups in total. The first kappa shape index (κ1) is 16.1. The molecule has 1 heterocycles. The maximum absolute atomic E-state index is 12.2. The van der Waals surface area contributed by atoms with Gasteiger partial charge < -0.3 is 14.8 Å². The first-order valence-corrected chi connectivity index (χ1v) is 8.08. The van der Waals surface area contributed by atoms with Gasteiger partial charge in [-0.15, -0.1) is 0 Å². The molecule has 1 amide bonds. The molecule has 1 aliphatic carbocycles. The van der Waals surface area contributed by atoms with Crippen molar-refractivity contribution in [2.75, 3.05) is 0 Å². The topological polar surface area (TPSA) is 62.5 Å².